The molecule has 0 fully saturated rings. The van der Waals surface area contributed by atoms with Crippen molar-refractivity contribution in [3.63, 3.8) is 0 Å². The summed E-state index contributed by atoms with van der Waals surface area (Å²) in [4.78, 5) is 19.3. The van der Waals surface area contributed by atoms with Gasteiger partial charge in [-0.15, -0.1) is 0 Å². The van der Waals surface area contributed by atoms with Gasteiger partial charge in [-0.25, -0.2) is 9.83 Å². The summed E-state index contributed by atoms with van der Waals surface area (Å²) < 4.78 is 8.05. The minimum Gasteiger partial charge on any atom is -0.468 e. The third-order valence-electron chi connectivity index (χ3n) is 4.37. The van der Waals surface area contributed by atoms with Crippen LogP contribution in [0.3, 0.4) is 0 Å². The van der Waals surface area contributed by atoms with Crippen LogP contribution in [0.15, 0.2) is 55.0 Å². The van der Waals surface area contributed by atoms with Gasteiger partial charge in [0.1, 0.15) is 11.5 Å². The first-order valence-electron chi connectivity index (χ1n) is 9.24. The van der Waals surface area contributed by atoms with Crippen LogP contribution in [0.4, 0.5) is 5.69 Å². The fourth-order valence-electron chi connectivity index (χ4n) is 2.85. The first-order chi connectivity index (χ1) is 14.1. The van der Waals surface area contributed by atoms with Crippen LogP contribution in [-0.2, 0) is 17.9 Å². The number of rotatable bonds is 8. The van der Waals surface area contributed by atoms with E-state index in [1.54, 1.807) is 19.4 Å². The van der Waals surface area contributed by atoms with Gasteiger partial charge < -0.3 is 19.9 Å². The lowest BCUT2D eigenvalue weighted by atomic mass is 10.1. The summed E-state index contributed by atoms with van der Waals surface area (Å²) in [6.07, 6.45) is 3.59. The second-order valence-corrected chi connectivity index (χ2v) is 6.63. The quantitative estimate of drug-likeness (QED) is 0.579. The van der Waals surface area contributed by atoms with Crippen LogP contribution < -0.4 is 15.4 Å². The van der Waals surface area contributed by atoms with Crippen LogP contribution in [0.2, 0.25) is 0 Å². The highest BCUT2D eigenvalue weighted by Gasteiger charge is 2.09. The molecule has 7 heteroatoms. The summed E-state index contributed by atoms with van der Waals surface area (Å²) in [5.74, 6) is 1.05. The number of benzene rings is 2. The van der Waals surface area contributed by atoms with Gasteiger partial charge in [-0.3, -0.25) is 4.79 Å². The molecule has 7 nitrogen and oxygen atoms in total. The number of nitrogens with zero attached hydrogens (tertiary/aromatic N) is 3. The Morgan fingerprint density at radius 2 is 2.10 bits per heavy atom. The van der Waals surface area contributed by atoms with Gasteiger partial charge in [0.05, 0.1) is 19.4 Å². The number of imidazole rings is 1. The molecule has 2 aromatic carbocycles. The van der Waals surface area contributed by atoms with E-state index in [2.05, 4.69) is 20.5 Å². The van der Waals surface area contributed by atoms with Gasteiger partial charge in [0.25, 0.3) is 0 Å². The molecular formula is C22H23N5O2. The zero-order valence-electron chi connectivity index (χ0n) is 16.5. The summed E-state index contributed by atoms with van der Waals surface area (Å²) in [6.45, 7) is 10.8. The molecule has 0 bridgehead atoms. The molecule has 2 N–H and O–H groups in total. The highest BCUT2D eigenvalue weighted by molar-refractivity contribution is 5.77. The summed E-state index contributed by atoms with van der Waals surface area (Å²) >= 11 is 0. The predicted octanol–water partition coefficient (Wildman–Crippen LogP) is 3.42. The molecule has 0 saturated carbocycles. The van der Waals surface area contributed by atoms with E-state index < -0.39 is 0 Å². The maximum absolute atomic E-state index is 11.6. The van der Waals surface area contributed by atoms with E-state index in [1.165, 1.54) is 0 Å². The Kier molecular flexibility index (Phi) is 6.61. The Hall–Kier alpha value is -3.63. The molecular weight excluding hydrogens is 366 g/mol. The fraction of sp³-hybridized carbons (Fsp3) is 0.227. The maximum Gasteiger partial charge on any atom is 0.234 e. The van der Waals surface area contributed by atoms with Gasteiger partial charge in [-0.2, -0.15) is 0 Å². The molecule has 0 spiro atoms. The normalized spacial score (nSPS) is 10.4. The largest absolute Gasteiger partial charge is 0.468 e. The number of carbonyl (C=O) groups is 1. The van der Waals surface area contributed by atoms with Crippen LogP contribution >= 0.6 is 0 Å². The van der Waals surface area contributed by atoms with Gasteiger partial charge in [0, 0.05) is 25.0 Å². The lowest BCUT2D eigenvalue weighted by molar-refractivity contribution is -0.120. The third kappa shape index (κ3) is 5.43. The van der Waals surface area contributed by atoms with Crippen LogP contribution in [0, 0.1) is 13.5 Å². The van der Waals surface area contributed by atoms with E-state index in [-0.39, 0.29) is 12.5 Å². The number of hydrogen-bond acceptors (Lipinski definition) is 4. The first-order valence-corrected chi connectivity index (χ1v) is 9.24. The molecule has 0 aliphatic heterocycles. The molecule has 1 aromatic heterocycles. The zero-order valence-corrected chi connectivity index (χ0v) is 16.5. The number of hydrogen-bond donors (Lipinski definition) is 2. The van der Waals surface area contributed by atoms with Crippen LogP contribution in [-0.4, -0.2) is 29.1 Å². The average molecular weight is 389 g/mol. The van der Waals surface area contributed by atoms with Gasteiger partial charge >= 0.3 is 0 Å². The SMILES string of the molecule is [C-]#[N+]c1ccc(Cn2cncc2C)cc1Oc1cccc(CNC(=O)CNC)c1. The fourth-order valence-corrected chi connectivity index (χ4v) is 2.85. The Morgan fingerprint density at radius 3 is 2.83 bits per heavy atom. The Labute approximate surface area is 170 Å². The molecule has 148 valence electrons. The van der Waals surface area contributed by atoms with E-state index >= 15 is 0 Å². The topological polar surface area (TPSA) is 72.5 Å². The smallest absolute Gasteiger partial charge is 0.234 e. The molecule has 0 saturated heterocycles. The van der Waals surface area contributed by atoms with E-state index in [9.17, 15) is 4.79 Å². The minimum absolute atomic E-state index is 0.0726. The van der Waals surface area contributed by atoms with E-state index in [0.29, 0.717) is 30.3 Å². The molecule has 29 heavy (non-hydrogen) atoms. The summed E-state index contributed by atoms with van der Waals surface area (Å²) in [7, 11) is 1.73. The molecule has 3 aromatic rings. The Bertz CT molecular complexity index is 1040. The average Bonchev–Trinajstić information content (AvgIpc) is 3.12. The lowest BCUT2D eigenvalue weighted by Gasteiger charge is -2.12. The first kappa shape index (κ1) is 20.1. The second kappa shape index (κ2) is 9.53. The van der Waals surface area contributed by atoms with Crippen molar-refractivity contribution in [3.8, 4) is 11.5 Å². The number of aryl methyl sites for hydroxylation is 1. The highest BCUT2D eigenvalue weighted by atomic mass is 16.5. The van der Waals surface area contributed by atoms with Crippen molar-refractivity contribution in [3.05, 3.63) is 83.2 Å². The van der Waals surface area contributed by atoms with E-state index in [0.717, 1.165) is 16.8 Å². The number of carbonyl (C=O) groups excluding carboxylic acids is 1. The summed E-state index contributed by atoms with van der Waals surface area (Å²) in [5, 5.41) is 5.65. The summed E-state index contributed by atoms with van der Waals surface area (Å²) in [6, 6.07) is 13.1. The standard InChI is InChI=1S/C22H23N5O2/c1-16-11-25-15-27(16)14-18-7-8-20(24-3)21(10-18)29-19-6-4-5-17(9-19)12-26-22(28)13-23-2/h4-11,15,23H,12-14H2,1-2H3,(H,26,28). The van der Waals surface area contributed by atoms with Crippen LogP contribution in [0.25, 0.3) is 4.85 Å². The van der Waals surface area contributed by atoms with Crippen molar-refractivity contribution in [1.82, 2.24) is 20.2 Å². The highest BCUT2D eigenvalue weighted by Crippen LogP contribution is 2.33. The van der Waals surface area contributed by atoms with Gasteiger partial charge in [-0.05, 0) is 43.3 Å². The molecule has 3 rings (SSSR count). The molecule has 1 heterocycles. The van der Waals surface area contributed by atoms with Crippen molar-refractivity contribution in [2.75, 3.05) is 13.6 Å². The van der Waals surface area contributed by atoms with Crippen molar-refractivity contribution in [2.24, 2.45) is 0 Å². The van der Waals surface area contributed by atoms with Crippen LogP contribution in [0.1, 0.15) is 16.8 Å². The predicted molar refractivity (Wildman–Crippen MR) is 111 cm³/mol. The Balaban J connectivity index is 1.76. The molecule has 0 unspecified atom stereocenters. The Morgan fingerprint density at radius 1 is 1.24 bits per heavy atom. The number of nitrogens with one attached hydrogen (secondary N) is 2. The van der Waals surface area contributed by atoms with E-state index in [4.69, 9.17) is 11.3 Å². The zero-order chi connectivity index (χ0) is 20.6. The van der Waals surface area contributed by atoms with Gasteiger partial charge in [0.15, 0.2) is 0 Å². The number of ether oxygens (including phenoxy) is 1. The monoisotopic (exact) mass is 389 g/mol. The van der Waals surface area contributed by atoms with Crippen molar-refractivity contribution in [2.45, 2.75) is 20.0 Å². The number of aromatic nitrogens is 2. The van der Waals surface area contributed by atoms with E-state index in [1.807, 2.05) is 54.1 Å². The summed E-state index contributed by atoms with van der Waals surface area (Å²) in [5.41, 5.74) is 3.45. The molecule has 0 aliphatic rings. The third-order valence-corrected chi connectivity index (χ3v) is 4.37. The van der Waals surface area contributed by atoms with Crippen molar-refractivity contribution in [1.29, 1.82) is 0 Å². The lowest BCUT2D eigenvalue weighted by Crippen LogP contribution is -2.31. The second-order valence-electron chi connectivity index (χ2n) is 6.63. The number of amides is 1. The van der Waals surface area contributed by atoms with Gasteiger partial charge in [0.2, 0.25) is 11.6 Å². The minimum atomic E-state index is -0.0726. The maximum atomic E-state index is 11.6. The van der Waals surface area contributed by atoms with Crippen LogP contribution in [0.5, 0.6) is 11.5 Å². The van der Waals surface area contributed by atoms with Crippen molar-refractivity contribution >= 4 is 11.6 Å². The number of likely N-dealkylation sites (N-methyl/N-ethyl adjacent to an activating group) is 1. The molecule has 0 atom stereocenters. The molecule has 0 radical (unpaired) electrons. The molecule has 0 aliphatic carbocycles. The van der Waals surface area contributed by atoms with Crippen molar-refractivity contribution < 1.29 is 9.53 Å². The van der Waals surface area contributed by atoms with Gasteiger partial charge in [-0.1, -0.05) is 24.3 Å². The molecule has 1 amide bonds.